The van der Waals surface area contributed by atoms with Crippen molar-refractivity contribution >= 4 is 11.4 Å². The number of ether oxygens (including phenoxy) is 1. The van der Waals surface area contributed by atoms with Crippen molar-refractivity contribution in [1.29, 1.82) is 0 Å². The Hall–Kier alpha value is -1.44. The molecule has 0 aliphatic heterocycles. The summed E-state index contributed by atoms with van der Waals surface area (Å²) in [4.78, 5) is 4.19. The summed E-state index contributed by atoms with van der Waals surface area (Å²) in [5, 5.41) is 10.7. The molecule has 0 amide bonds. The molecular weight excluding hydrogens is 336 g/mol. The van der Waals surface area contributed by atoms with E-state index in [1.165, 1.54) is 0 Å². The third-order valence-electron chi connectivity index (χ3n) is 3.60. The fraction of sp³-hybridized carbons (Fsp3) is 0.421. The Balaban J connectivity index is 2.03. The Morgan fingerprint density at radius 1 is 1.16 bits per heavy atom. The summed E-state index contributed by atoms with van der Waals surface area (Å²) in [7, 11) is 0. The zero-order valence-electron chi connectivity index (χ0n) is 14.9. The maximum Gasteiger partial charge on any atom is 0.136 e. The molecule has 0 fully saturated rings. The van der Waals surface area contributed by atoms with Gasteiger partial charge in [-0.05, 0) is 38.5 Å². The first-order valence-corrected chi connectivity index (χ1v) is 9.41. The molecule has 2 aromatic rings. The highest BCUT2D eigenvalue weighted by atomic mass is 32.2. The van der Waals surface area contributed by atoms with Crippen molar-refractivity contribution in [2.24, 2.45) is 0 Å². The number of hydrogen-bond donors (Lipinski definition) is 2. The Labute approximate surface area is 152 Å². The standard InChI is InChI=1S/C19H26N2O3S/c1-19(2,3)25(23)21-17(18(22)16-11-7-8-12-20-16)14-24-13-15-9-5-4-6-10-15/h4-12,17-18,21-22H,13-14H2,1-3H3/t17-,18?,25?/m0/s1. The molecule has 0 aliphatic carbocycles. The monoisotopic (exact) mass is 362 g/mol. The van der Waals surface area contributed by atoms with E-state index in [1.807, 2.05) is 57.2 Å². The zero-order valence-corrected chi connectivity index (χ0v) is 15.7. The number of aliphatic hydroxyl groups excluding tert-OH is 1. The molecule has 1 aromatic carbocycles. The van der Waals surface area contributed by atoms with Gasteiger partial charge in [-0.3, -0.25) is 4.98 Å². The topological polar surface area (TPSA) is 77.4 Å². The van der Waals surface area contributed by atoms with Crippen LogP contribution < -0.4 is 4.72 Å². The highest BCUT2D eigenvalue weighted by Crippen LogP contribution is 2.20. The first-order valence-electron chi connectivity index (χ1n) is 8.26. The number of aliphatic hydroxyl groups is 1. The molecule has 2 N–H and O–H groups in total. The number of aromatic nitrogens is 1. The van der Waals surface area contributed by atoms with E-state index in [-0.39, 0.29) is 6.61 Å². The summed E-state index contributed by atoms with van der Waals surface area (Å²) in [5.41, 5.74) is 1.57. The molecule has 136 valence electrons. The van der Waals surface area contributed by atoms with Crippen LogP contribution in [0.15, 0.2) is 54.7 Å². The molecule has 2 rings (SSSR count). The van der Waals surface area contributed by atoms with Gasteiger partial charge in [-0.1, -0.05) is 36.4 Å². The van der Waals surface area contributed by atoms with Gasteiger partial charge in [0.05, 0.1) is 18.9 Å². The van der Waals surface area contributed by atoms with Crippen molar-refractivity contribution in [3.63, 3.8) is 0 Å². The van der Waals surface area contributed by atoms with Crippen LogP contribution in [0, 0.1) is 0 Å². The Bertz CT molecular complexity index is 620. The van der Waals surface area contributed by atoms with Crippen LogP contribution in [-0.2, 0) is 22.7 Å². The molecule has 0 spiro atoms. The Morgan fingerprint density at radius 2 is 1.84 bits per heavy atom. The molecule has 5 nitrogen and oxygen atoms in total. The van der Waals surface area contributed by atoms with Gasteiger partial charge in [0, 0.05) is 17.6 Å². The number of pyridine rings is 1. The summed E-state index contributed by atoms with van der Waals surface area (Å²) in [6, 6.07) is 14.6. The number of nitrogens with one attached hydrogen (secondary N) is 1. The van der Waals surface area contributed by atoms with E-state index in [0.29, 0.717) is 12.3 Å². The summed E-state index contributed by atoms with van der Waals surface area (Å²) < 4.78 is 20.8. The molecule has 0 saturated carbocycles. The smallest absolute Gasteiger partial charge is 0.136 e. The van der Waals surface area contributed by atoms with Crippen molar-refractivity contribution in [3.8, 4) is 0 Å². The van der Waals surface area contributed by atoms with Gasteiger partial charge in [-0.15, -0.1) is 4.72 Å². The molecule has 0 saturated heterocycles. The molecule has 1 heterocycles. The molecule has 0 radical (unpaired) electrons. The van der Waals surface area contributed by atoms with Crippen LogP contribution in [0.4, 0.5) is 0 Å². The van der Waals surface area contributed by atoms with Gasteiger partial charge in [-0.25, -0.2) is 0 Å². The zero-order chi connectivity index (χ0) is 18.3. The fourth-order valence-electron chi connectivity index (χ4n) is 2.14. The van der Waals surface area contributed by atoms with E-state index in [0.717, 1.165) is 5.56 Å². The number of hydrogen-bond acceptors (Lipinski definition) is 5. The van der Waals surface area contributed by atoms with Crippen molar-refractivity contribution in [1.82, 2.24) is 9.71 Å². The largest absolute Gasteiger partial charge is 0.598 e. The van der Waals surface area contributed by atoms with E-state index >= 15 is 0 Å². The minimum absolute atomic E-state index is 0.217. The third-order valence-corrected chi connectivity index (χ3v) is 5.22. The van der Waals surface area contributed by atoms with Crippen molar-refractivity contribution in [2.45, 2.75) is 44.3 Å². The molecule has 25 heavy (non-hydrogen) atoms. The van der Waals surface area contributed by atoms with Crippen molar-refractivity contribution in [2.75, 3.05) is 6.61 Å². The van der Waals surface area contributed by atoms with Gasteiger partial charge < -0.3 is 14.4 Å². The van der Waals surface area contributed by atoms with Crippen molar-refractivity contribution in [3.05, 3.63) is 66.0 Å². The lowest BCUT2D eigenvalue weighted by Crippen LogP contribution is -2.49. The van der Waals surface area contributed by atoms with E-state index < -0.39 is 28.3 Å². The molecule has 1 aromatic heterocycles. The van der Waals surface area contributed by atoms with E-state index in [4.69, 9.17) is 4.74 Å². The van der Waals surface area contributed by atoms with Crippen LogP contribution in [0.1, 0.15) is 38.1 Å². The van der Waals surface area contributed by atoms with Crippen LogP contribution in [0.3, 0.4) is 0 Å². The second-order valence-electron chi connectivity index (χ2n) is 6.81. The van der Waals surface area contributed by atoms with Crippen molar-refractivity contribution < 1.29 is 14.4 Å². The second-order valence-corrected chi connectivity index (χ2v) is 8.80. The van der Waals surface area contributed by atoms with Crippen LogP contribution >= 0.6 is 0 Å². The SMILES string of the molecule is CC(C)(C)[S+]([O-])N[C@@H](COCc1ccccc1)C(O)c1ccccn1. The average molecular weight is 362 g/mol. The lowest BCUT2D eigenvalue weighted by Gasteiger charge is -2.30. The summed E-state index contributed by atoms with van der Waals surface area (Å²) in [6.45, 7) is 6.28. The summed E-state index contributed by atoms with van der Waals surface area (Å²) in [5.74, 6) is 0. The van der Waals surface area contributed by atoms with Gasteiger partial charge >= 0.3 is 0 Å². The van der Waals surface area contributed by atoms with Gasteiger partial charge in [0.15, 0.2) is 0 Å². The van der Waals surface area contributed by atoms with E-state index in [2.05, 4.69) is 9.71 Å². The first-order chi connectivity index (χ1) is 11.9. The number of benzene rings is 1. The predicted octanol–water partition coefficient (Wildman–Crippen LogP) is 2.75. The molecule has 6 heteroatoms. The number of rotatable bonds is 8. The lowest BCUT2D eigenvalue weighted by molar-refractivity contribution is 0.0467. The quantitative estimate of drug-likeness (QED) is 0.706. The highest BCUT2D eigenvalue weighted by Gasteiger charge is 2.33. The lowest BCUT2D eigenvalue weighted by atomic mass is 10.1. The first kappa shape index (κ1) is 19.9. The Kier molecular flexibility index (Phi) is 7.40. The van der Waals surface area contributed by atoms with Crippen LogP contribution in [0.5, 0.6) is 0 Å². The molecule has 0 bridgehead atoms. The minimum Gasteiger partial charge on any atom is -0.598 e. The van der Waals surface area contributed by atoms with Gasteiger partial charge in [-0.2, -0.15) is 0 Å². The van der Waals surface area contributed by atoms with Crippen LogP contribution in [-0.4, -0.2) is 32.0 Å². The minimum atomic E-state index is -1.33. The van der Waals surface area contributed by atoms with E-state index in [1.54, 1.807) is 18.3 Å². The predicted molar refractivity (Wildman–Crippen MR) is 100 cm³/mol. The molecule has 2 unspecified atom stereocenters. The summed E-state index contributed by atoms with van der Waals surface area (Å²) in [6.07, 6.45) is 0.713. The van der Waals surface area contributed by atoms with Gasteiger partial charge in [0.2, 0.25) is 0 Å². The van der Waals surface area contributed by atoms with Gasteiger partial charge in [0.25, 0.3) is 0 Å². The van der Waals surface area contributed by atoms with Gasteiger partial charge in [0.1, 0.15) is 16.9 Å². The molecule has 0 aliphatic rings. The maximum atomic E-state index is 12.5. The second kappa shape index (κ2) is 9.31. The Morgan fingerprint density at radius 3 is 2.44 bits per heavy atom. The van der Waals surface area contributed by atoms with E-state index in [9.17, 15) is 9.66 Å². The normalized spacial score (nSPS) is 15.6. The molecule has 3 atom stereocenters. The molecular formula is C19H26N2O3S. The third kappa shape index (κ3) is 6.41. The average Bonchev–Trinajstić information content (AvgIpc) is 2.61. The van der Waals surface area contributed by atoms with Crippen LogP contribution in [0.2, 0.25) is 0 Å². The summed E-state index contributed by atoms with van der Waals surface area (Å²) >= 11 is -1.33. The highest BCUT2D eigenvalue weighted by molar-refractivity contribution is 7.90. The van der Waals surface area contributed by atoms with Crippen LogP contribution in [0.25, 0.3) is 0 Å². The fourth-order valence-corrected chi connectivity index (χ4v) is 2.96. The maximum absolute atomic E-state index is 12.5. The number of nitrogens with zero attached hydrogens (tertiary/aromatic N) is 1.